The molecular formula is C22H25NO6. The maximum atomic E-state index is 12.4. The number of aliphatic carboxylic acids is 1. The Morgan fingerprint density at radius 3 is 2.52 bits per heavy atom. The summed E-state index contributed by atoms with van der Waals surface area (Å²) >= 11 is 0. The summed E-state index contributed by atoms with van der Waals surface area (Å²) in [7, 11) is 1.45. The van der Waals surface area contributed by atoms with E-state index in [4.69, 9.17) is 14.6 Å². The molecule has 1 amide bonds. The first-order chi connectivity index (χ1) is 13.9. The van der Waals surface area contributed by atoms with E-state index in [1.165, 1.54) is 13.2 Å². The molecule has 0 bridgehead atoms. The highest BCUT2D eigenvalue weighted by Crippen LogP contribution is 2.35. The maximum Gasteiger partial charge on any atom is 0.412 e. The van der Waals surface area contributed by atoms with Crippen LogP contribution in [0.5, 0.6) is 11.5 Å². The molecule has 0 aliphatic heterocycles. The molecule has 0 fully saturated rings. The molecule has 2 atom stereocenters. The molecule has 7 nitrogen and oxygen atoms in total. The third kappa shape index (κ3) is 6.88. The number of rotatable bonds is 9. The average molecular weight is 399 g/mol. The van der Waals surface area contributed by atoms with Gasteiger partial charge in [-0.1, -0.05) is 37.3 Å². The van der Waals surface area contributed by atoms with Crippen LogP contribution in [0.2, 0.25) is 0 Å². The molecule has 0 radical (unpaired) electrons. The molecule has 154 valence electrons. The van der Waals surface area contributed by atoms with Gasteiger partial charge in [0, 0.05) is 11.8 Å². The molecule has 0 unspecified atom stereocenters. The van der Waals surface area contributed by atoms with Gasteiger partial charge in [-0.2, -0.15) is 0 Å². The zero-order chi connectivity index (χ0) is 21.2. The molecule has 0 saturated carbocycles. The van der Waals surface area contributed by atoms with E-state index in [1.54, 1.807) is 42.5 Å². The van der Waals surface area contributed by atoms with Crippen molar-refractivity contribution in [2.45, 2.75) is 25.9 Å². The molecule has 0 heterocycles. The number of ether oxygens (including phenoxy) is 2. The highest BCUT2D eigenvalue weighted by atomic mass is 16.6. The second-order valence-electron chi connectivity index (χ2n) is 6.54. The van der Waals surface area contributed by atoms with Crippen molar-refractivity contribution in [1.82, 2.24) is 0 Å². The van der Waals surface area contributed by atoms with Crippen LogP contribution in [0.3, 0.4) is 0 Å². The number of nitrogens with one attached hydrogen (secondary N) is 1. The SMILES string of the molecule is COc1ccc([C@@H](OC(=O)Nc2ccccc2)[C@@H](C)CC/C=C/C(=O)O)cc1O. The number of benzene rings is 2. The molecule has 29 heavy (non-hydrogen) atoms. The summed E-state index contributed by atoms with van der Waals surface area (Å²) in [5.41, 5.74) is 1.21. The number of carbonyl (C=O) groups excluding carboxylic acids is 1. The molecule has 2 rings (SSSR count). The number of amides is 1. The summed E-state index contributed by atoms with van der Waals surface area (Å²) in [6.45, 7) is 1.90. The lowest BCUT2D eigenvalue weighted by Crippen LogP contribution is -2.22. The average Bonchev–Trinajstić information content (AvgIpc) is 2.69. The second-order valence-corrected chi connectivity index (χ2v) is 6.54. The van der Waals surface area contributed by atoms with Crippen LogP contribution in [-0.4, -0.2) is 29.4 Å². The number of hydrogen-bond donors (Lipinski definition) is 3. The predicted octanol–water partition coefficient (Wildman–Crippen LogP) is 4.75. The summed E-state index contributed by atoms with van der Waals surface area (Å²) in [5.74, 6) is -0.881. The van der Waals surface area contributed by atoms with Crippen LogP contribution < -0.4 is 10.1 Å². The van der Waals surface area contributed by atoms with E-state index in [9.17, 15) is 14.7 Å². The van der Waals surface area contributed by atoms with Gasteiger partial charge in [0.1, 0.15) is 6.10 Å². The zero-order valence-electron chi connectivity index (χ0n) is 16.4. The third-order valence-corrected chi connectivity index (χ3v) is 4.35. The summed E-state index contributed by atoms with van der Waals surface area (Å²) in [5, 5.41) is 21.5. The van der Waals surface area contributed by atoms with Crippen molar-refractivity contribution in [2.24, 2.45) is 5.92 Å². The molecule has 7 heteroatoms. The van der Waals surface area contributed by atoms with Crippen molar-refractivity contribution in [3.63, 3.8) is 0 Å². The second kappa shape index (κ2) is 10.8. The maximum absolute atomic E-state index is 12.4. The van der Waals surface area contributed by atoms with Crippen LogP contribution >= 0.6 is 0 Å². The molecule has 0 spiro atoms. The number of phenolic OH excluding ortho intramolecular Hbond substituents is 1. The van der Waals surface area contributed by atoms with Crippen LogP contribution in [0.4, 0.5) is 10.5 Å². The Morgan fingerprint density at radius 1 is 1.17 bits per heavy atom. The quantitative estimate of drug-likeness (QED) is 0.526. The number of carboxylic acid groups (broad SMARTS) is 1. The Balaban J connectivity index is 2.16. The van der Waals surface area contributed by atoms with E-state index < -0.39 is 18.2 Å². The summed E-state index contributed by atoms with van der Waals surface area (Å²) in [6, 6.07) is 13.8. The third-order valence-electron chi connectivity index (χ3n) is 4.35. The van der Waals surface area contributed by atoms with E-state index in [2.05, 4.69) is 5.32 Å². The molecule has 2 aromatic carbocycles. The van der Waals surface area contributed by atoms with E-state index >= 15 is 0 Å². The van der Waals surface area contributed by atoms with Crippen molar-refractivity contribution in [3.05, 3.63) is 66.2 Å². The zero-order valence-corrected chi connectivity index (χ0v) is 16.4. The minimum absolute atomic E-state index is 0.0555. The predicted molar refractivity (Wildman–Crippen MR) is 109 cm³/mol. The fourth-order valence-electron chi connectivity index (χ4n) is 2.88. The number of carbonyl (C=O) groups is 2. The fraction of sp³-hybridized carbons (Fsp3) is 0.273. The lowest BCUT2D eigenvalue weighted by atomic mass is 9.92. The van der Waals surface area contributed by atoms with Gasteiger partial charge in [-0.15, -0.1) is 0 Å². The molecule has 0 aliphatic carbocycles. The molecule has 3 N–H and O–H groups in total. The van der Waals surface area contributed by atoms with Gasteiger partial charge in [0.05, 0.1) is 7.11 Å². The Morgan fingerprint density at radius 2 is 1.90 bits per heavy atom. The number of aromatic hydroxyl groups is 1. The number of allylic oxidation sites excluding steroid dienone is 1. The van der Waals surface area contributed by atoms with Gasteiger partial charge in [-0.25, -0.2) is 9.59 Å². The molecular weight excluding hydrogens is 374 g/mol. The van der Waals surface area contributed by atoms with Crippen molar-refractivity contribution < 1.29 is 29.3 Å². The number of methoxy groups -OCH3 is 1. The first-order valence-electron chi connectivity index (χ1n) is 9.19. The molecule has 2 aromatic rings. The number of carboxylic acids is 1. The molecule has 0 saturated heterocycles. The van der Waals surface area contributed by atoms with E-state index in [1.807, 2.05) is 13.0 Å². The van der Waals surface area contributed by atoms with Crippen LogP contribution in [0.1, 0.15) is 31.4 Å². The van der Waals surface area contributed by atoms with E-state index in [0.717, 1.165) is 6.08 Å². The van der Waals surface area contributed by atoms with Crippen molar-refractivity contribution in [1.29, 1.82) is 0 Å². The summed E-state index contributed by atoms with van der Waals surface area (Å²) in [4.78, 5) is 23.0. The normalized spacial score (nSPS) is 12.9. The molecule has 0 aliphatic rings. The lowest BCUT2D eigenvalue weighted by Gasteiger charge is -2.25. The van der Waals surface area contributed by atoms with Crippen molar-refractivity contribution in [2.75, 3.05) is 12.4 Å². The van der Waals surface area contributed by atoms with Gasteiger partial charge in [-0.05, 0) is 48.6 Å². The fourth-order valence-corrected chi connectivity index (χ4v) is 2.88. The summed E-state index contributed by atoms with van der Waals surface area (Å²) in [6.07, 6.45) is 2.48. The standard InChI is InChI=1S/C22H25NO6/c1-15(8-6-7-11-20(25)26)21(16-12-13-19(28-2)18(24)14-16)29-22(27)23-17-9-4-3-5-10-17/h3-5,7,9-15,21,24H,6,8H2,1-2H3,(H,23,27)(H,25,26)/b11-7+/t15-,21-/m0/s1. The number of para-hydroxylation sites is 1. The van der Waals surface area contributed by atoms with E-state index in [-0.39, 0.29) is 11.7 Å². The number of phenols is 1. The van der Waals surface area contributed by atoms with Crippen LogP contribution in [0.25, 0.3) is 0 Å². The van der Waals surface area contributed by atoms with Gasteiger partial charge in [0.15, 0.2) is 11.5 Å². The Hall–Kier alpha value is -3.48. The largest absolute Gasteiger partial charge is 0.504 e. The first-order valence-corrected chi connectivity index (χ1v) is 9.19. The lowest BCUT2D eigenvalue weighted by molar-refractivity contribution is -0.131. The van der Waals surface area contributed by atoms with E-state index in [0.29, 0.717) is 29.8 Å². The number of anilines is 1. The Labute approximate surface area is 169 Å². The van der Waals surface area contributed by atoms with Gasteiger partial charge in [-0.3, -0.25) is 5.32 Å². The monoisotopic (exact) mass is 399 g/mol. The highest BCUT2D eigenvalue weighted by molar-refractivity contribution is 5.84. The van der Waals surface area contributed by atoms with Gasteiger partial charge in [0.25, 0.3) is 0 Å². The van der Waals surface area contributed by atoms with Crippen LogP contribution in [0, 0.1) is 5.92 Å². The minimum Gasteiger partial charge on any atom is -0.504 e. The van der Waals surface area contributed by atoms with Crippen LogP contribution in [0.15, 0.2) is 60.7 Å². The van der Waals surface area contributed by atoms with Crippen molar-refractivity contribution >= 4 is 17.7 Å². The highest BCUT2D eigenvalue weighted by Gasteiger charge is 2.24. The molecule has 0 aromatic heterocycles. The van der Waals surface area contributed by atoms with Crippen molar-refractivity contribution in [3.8, 4) is 11.5 Å². The van der Waals surface area contributed by atoms with Gasteiger partial charge >= 0.3 is 12.1 Å². The minimum atomic E-state index is -1.01. The first kappa shape index (κ1) is 21.8. The van der Waals surface area contributed by atoms with Gasteiger partial charge < -0.3 is 19.7 Å². The smallest absolute Gasteiger partial charge is 0.412 e. The van der Waals surface area contributed by atoms with Gasteiger partial charge in [0.2, 0.25) is 0 Å². The summed E-state index contributed by atoms with van der Waals surface area (Å²) < 4.78 is 10.7. The number of hydrogen-bond acceptors (Lipinski definition) is 5. The Bertz CT molecular complexity index is 850. The topological polar surface area (TPSA) is 105 Å². The Kier molecular flexibility index (Phi) is 8.09. The van der Waals surface area contributed by atoms with Crippen LogP contribution in [-0.2, 0) is 9.53 Å².